The molecule has 2 aliphatic rings. The number of rotatable bonds is 8. The van der Waals surface area contributed by atoms with Gasteiger partial charge in [0.25, 0.3) is 0 Å². The molecule has 2 heterocycles. The molecular weight excluding hydrogens is 622 g/mol. The van der Waals surface area contributed by atoms with Gasteiger partial charge in [0.2, 0.25) is 5.88 Å². The van der Waals surface area contributed by atoms with Crippen LogP contribution in [0.5, 0.6) is 17.4 Å². The van der Waals surface area contributed by atoms with E-state index in [1.807, 2.05) is 57.3 Å². The maximum Gasteiger partial charge on any atom is 0.410 e. The molecule has 2 atom stereocenters. The highest BCUT2D eigenvalue weighted by Gasteiger charge is 2.32. The Morgan fingerprint density at radius 3 is 2.16 bits per heavy atom. The van der Waals surface area contributed by atoms with Gasteiger partial charge >= 0.3 is 6.09 Å². The lowest BCUT2D eigenvalue weighted by Crippen LogP contribution is -2.50. The van der Waals surface area contributed by atoms with E-state index in [9.17, 15) is 4.79 Å². The lowest BCUT2D eigenvalue weighted by Gasteiger charge is -2.36. The third kappa shape index (κ3) is 7.94. The summed E-state index contributed by atoms with van der Waals surface area (Å²) in [6.45, 7) is 8.89. The van der Waals surface area contributed by atoms with Gasteiger partial charge in [0.1, 0.15) is 23.7 Å². The molecule has 0 unspecified atom stereocenters. The maximum absolute atomic E-state index is 12.4. The van der Waals surface area contributed by atoms with Gasteiger partial charge in [0.15, 0.2) is 0 Å². The molecule has 7 heteroatoms. The minimum absolute atomic E-state index is 0.214. The van der Waals surface area contributed by atoms with Crippen molar-refractivity contribution in [1.82, 2.24) is 9.88 Å². The summed E-state index contributed by atoms with van der Waals surface area (Å²) in [5, 5.41) is 0. The van der Waals surface area contributed by atoms with Crippen molar-refractivity contribution >= 4 is 11.8 Å². The fourth-order valence-corrected chi connectivity index (χ4v) is 7.06. The lowest BCUT2D eigenvalue weighted by molar-refractivity contribution is 0.0240. The van der Waals surface area contributed by atoms with Crippen LogP contribution in [0, 0.1) is 0 Å². The molecule has 1 saturated heterocycles. The summed E-state index contributed by atoms with van der Waals surface area (Å²) in [5.74, 6) is 2.78. The Morgan fingerprint density at radius 2 is 1.48 bits per heavy atom. The van der Waals surface area contributed by atoms with E-state index in [0.717, 1.165) is 48.7 Å². The van der Waals surface area contributed by atoms with Crippen LogP contribution in [0.25, 0.3) is 0 Å². The van der Waals surface area contributed by atoms with Crippen LogP contribution in [-0.2, 0) is 17.8 Å². The van der Waals surface area contributed by atoms with Gasteiger partial charge in [-0.15, -0.1) is 0 Å². The summed E-state index contributed by atoms with van der Waals surface area (Å²) in [5.41, 5.74) is 7.01. The number of nitrogens with zero attached hydrogens (tertiary/aromatic N) is 3. The number of hydrogen-bond acceptors (Lipinski definition) is 6. The van der Waals surface area contributed by atoms with Crippen molar-refractivity contribution < 1.29 is 19.0 Å². The SMILES string of the molecule is CC(C)(C)OC(=O)N1CCN(c2ccc(Oc3ccc([C@@H]4c5ccc(OCc6ccccc6)cc5CC[C@@H]4c4ccccc4)cc3)nc2)CC1. The van der Waals surface area contributed by atoms with Crippen LogP contribution in [0.3, 0.4) is 0 Å². The molecule has 0 bridgehead atoms. The van der Waals surface area contributed by atoms with E-state index in [2.05, 4.69) is 94.8 Å². The second kappa shape index (κ2) is 14.7. The highest BCUT2D eigenvalue weighted by molar-refractivity contribution is 5.68. The van der Waals surface area contributed by atoms with Gasteiger partial charge in [-0.2, -0.15) is 0 Å². The van der Waals surface area contributed by atoms with Crippen molar-refractivity contribution in [3.05, 3.63) is 149 Å². The summed E-state index contributed by atoms with van der Waals surface area (Å²) >= 11 is 0. The number of aryl methyl sites for hydroxylation is 1. The molecule has 7 nitrogen and oxygen atoms in total. The first kappa shape index (κ1) is 33.2. The highest BCUT2D eigenvalue weighted by Crippen LogP contribution is 2.47. The number of piperazine rings is 1. The zero-order valence-electron chi connectivity index (χ0n) is 29.1. The molecule has 1 aliphatic heterocycles. The molecule has 1 aromatic heterocycles. The molecule has 1 aliphatic carbocycles. The number of ether oxygens (including phenoxy) is 3. The van der Waals surface area contributed by atoms with Crippen molar-refractivity contribution in [2.24, 2.45) is 0 Å². The Labute approximate surface area is 295 Å². The van der Waals surface area contributed by atoms with E-state index in [0.29, 0.717) is 31.5 Å². The molecule has 4 aromatic carbocycles. The zero-order chi connectivity index (χ0) is 34.5. The molecule has 1 fully saturated rings. The molecule has 7 rings (SSSR count). The Hall–Kier alpha value is -5.30. The normalized spacial score (nSPS) is 17.5. The Morgan fingerprint density at radius 1 is 0.780 bits per heavy atom. The third-order valence-electron chi connectivity index (χ3n) is 9.53. The molecule has 256 valence electrons. The van der Waals surface area contributed by atoms with E-state index in [1.165, 1.54) is 22.3 Å². The number of benzene rings is 4. The zero-order valence-corrected chi connectivity index (χ0v) is 29.1. The van der Waals surface area contributed by atoms with Crippen molar-refractivity contribution in [2.75, 3.05) is 31.1 Å². The molecule has 0 spiro atoms. The van der Waals surface area contributed by atoms with Crippen molar-refractivity contribution in [3.8, 4) is 17.4 Å². The van der Waals surface area contributed by atoms with Gasteiger partial charge < -0.3 is 24.0 Å². The molecule has 0 saturated carbocycles. The second-order valence-corrected chi connectivity index (χ2v) is 14.1. The maximum atomic E-state index is 12.4. The summed E-state index contributed by atoms with van der Waals surface area (Å²) in [6, 6.07) is 40.2. The van der Waals surface area contributed by atoms with Gasteiger partial charge in [-0.3, -0.25) is 0 Å². The van der Waals surface area contributed by atoms with Gasteiger partial charge in [0.05, 0.1) is 11.9 Å². The molecule has 50 heavy (non-hydrogen) atoms. The van der Waals surface area contributed by atoms with Gasteiger partial charge in [-0.1, -0.05) is 78.9 Å². The topological polar surface area (TPSA) is 64.1 Å². The van der Waals surface area contributed by atoms with Crippen molar-refractivity contribution in [1.29, 1.82) is 0 Å². The van der Waals surface area contributed by atoms with E-state index in [4.69, 9.17) is 14.2 Å². The molecule has 5 aromatic rings. The third-order valence-corrected chi connectivity index (χ3v) is 9.53. The van der Waals surface area contributed by atoms with Crippen LogP contribution in [0.2, 0.25) is 0 Å². The number of anilines is 1. The summed E-state index contributed by atoms with van der Waals surface area (Å²) in [7, 11) is 0. The Bertz CT molecular complexity index is 1860. The van der Waals surface area contributed by atoms with Crippen LogP contribution in [0.4, 0.5) is 10.5 Å². The summed E-state index contributed by atoms with van der Waals surface area (Å²) < 4.78 is 17.9. The number of aromatic nitrogens is 1. The number of fused-ring (bicyclic) bond motifs is 1. The van der Waals surface area contributed by atoms with Crippen LogP contribution in [0.1, 0.15) is 66.8 Å². The van der Waals surface area contributed by atoms with E-state index >= 15 is 0 Å². The van der Waals surface area contributed by atoms with Crippen molar-refractivity contribution in [3.63, 3.8) is 0 Å². The number of carbonyl (C=O) groups excluding carboxylic acids is 1. The van der Waals surface area contributed by atoms with E-state index in [1.54, 1.807) is 4.90 Å². The van der Waals surface area contributed by atoms with Gasteiger partial charge in [0, 0.05) is 38.2 Å². The predicted molar refractivity (Wildman–Crippen MR) is 197 cm³/mol. The Balaban J connectivity index is 1.03. The number of hydrogen-bond donors (Lipinski definition) is 0. The Kier molecular flexibility index (Phi) is 9.74. The van der Waals surface area contributed by atoms with Crippen LogP contribution in [-0.4, -0.2) is 47.8 Å². The number of carbonyl (C=O) groups is 1. The molecule has 0 N–H and O–H groups in total. The first-order valence-corrected chi connectivity index (χ1v) is 17.6. The largest absolute Gasteiger partial charge is 0.489 e. The minimum Gasteiger partial charge on any atom is -0.489 e. The standard InChI is InChI=1S/C43H45N3O4/c1-43(2,3)50-42(47)46-26-24-45(25-27-46)35-17-23-40(44-29-35)49-36-18-14-33(15-19-36)41-38(32-12-8-5-9-13-32)21-16-34-28-37(20-22-39(34)41)48-30-31-10-6-4-7-11-31/h4-15,17-20,22-23,28-29,38,41H,16,21,24-27,30H2,1-3H3/t38-,41+/m1/s1. The van der Waals surface area contributed by atoms with E-state index in [-0.39, 0.29) is 12.0 Å². The average molecular weight is 668 g/mol. The fraction of sp³-hybridized carbons (Fsp3) is 0.302. The van der Waals surface area contributed by atoms with E-state index < -0.39 is 5.60 Å². The quantitative estimate of drug-likeness (QED) is 0.164. The summed E-state index contributed by atoms with van der Waals surface area (Å²) in [6.07, 6.45) is 3.66. The van der Waals surface area contributed by atoms with Crippen molar-refractivity contribution in [2.45, 2.75) is 57.7 Å². The summed E-state index contributed by atoms with van der Waals surface area (Å²) in [4.78, 5) is 21.1. The van der Waals surface area contributed by atoms with Crippen LogP contribution in [0.15, 0.2) is 121 Å². The number of amides is 1. The van der Waals surface area contributed by atoms with Crippen LogP contribution >= 0.6 is 0 Å². The lowest BCUT2D eigenvalue weighted by atomic mass is 9.69. The van der Waals surface area contributed by atoms with Crippen LogP contribution < -0.4 is 14.4 Å². The average Bonchev–Trinajstić information content (AvgIpc) is 3.14. The fourth-order valence-electron chi connectivity index (χ4n) is 7.06. The monoisotopic (exact) mass is 667 g/mol. The highest BCUT2D eigenvalue weighted by atomic mass is 16.6. The number of pyridine rings is 1. The van der Waals surface area contributed by atoms with Gasteiger partial charge in [-0.25, -0.2) is 9.78 Å². The molecular formula is C43H45N3O4. The minimum atomic E-state index is -0.497. The first-order chi connectivity index (χ1) is 24.3. The smallest absolute Gasteiger partial charge is 0.410 e. The second-order valence-electron chi connectivity index (χ2n) is 14.1. The molecule has 0 radical (unpaired) electrons. The predicted octanol–water partition coefficient (Wildman–Crippen LogP) is 9.37. The first-order valence-electron chi connectivity index (χ1n) is 17.6. The molecule has 1 amide bonds. The van der Waals surface area contributed by atoms with Gasteiger partial charge in [-0.05, 0) is 97.7 Å².